The molecule has 0 aliphatic heterocycles. The molecule has 0 radical (unpaired) electrons. The van der Waals surface area contributed by atoms with Gasteiger partial charge in [-0.1, -0.05) is 37.6 Å². The minimum Gasteiger partial charge on any atom is -0.396 e. The molecule has 0 aromatic carbocycles. The fraction of sp³-hybridized carbons (Fsp3) is 0.706. The maximum Gasteiger partial charge on any atom is 0.474 e. The van der Waals surface area contributed by atoms with E-state index in [1.54, 1.807) is 0 Å². The van der Waals surface area contributed by atoms with E-state index in [-0.39, 0.29) is 32.8 Å². The van der Waals surface area contributed by atoms with E-state index in [9.17, 15) is 9.67 Å². The highest BCUT2D eigenvalue weighted by atomic mass is 31.2. The highest BCUT2D eigenvalue weighted by Crippen LogP contribution is 2.51. The molecule has 0 saturated carbocycles. The Labute approximate surface area is 144 Å². The molecule has 7 heteroatoms. The van der Waals surface area contributed by atoms with Crippen molar-refractivity contribution in [3.8, 4) is 6.07 Å². The van der Waals surface area contributed by atoms with Gasteiger partial charge < -0.3 is 5.11 Å². The minimum atomic E-state index is -3.73. The van der Waals surface area contributed by atoms with Gasteiger partial charge in [0.1, 0.15) is 0 Å². The van der Waals surface area contributed by atoms with E-state index < -0.39 is 13.2 Å². The van der Waals surface area contributed by atoms with Crippen molar-refractivity contribution in [2.75, 3.05) is 26.4 Å². The minimum absolute atomic E-state index is 0.00911. The zero-order chi connectivity index (χ0) is 17.9. The normalized spacial score (nSPS) is 18.7. The van der Waals surface area contributed by atoms with Crippen LogP contribution in [0.5, 0.6) is 0 Å². The molecule has 0 spiro atoms. The summed E-state index contributed by atoms with van der Waals surface area (Å²) in [6.07, 6.45) is 9.52. The topological polar surface area (TPSA) is 88.8 Å². The smallest absolute Gasteiger partial charge is 0.396 e. The summed E-state index contributed by atoms with van der Waals surface area (Å²) < 4.78 is 28.7. The second-order valence-electron chi connectivity index (χ2n) is 6.18. The molecule has 0 aromatic heterocycles. The summed E-state index contributed by atoms with van der Waals surface area (Å²) in [5, 5.41) is 18.0. The number of hydrogen-bond acceptors (Lipinski definition) is 6. The van der Waals surface area contributed by atoms with Crippen LogP contribution in [0.25, 0.3) is 0 Å². The maximum absolute atomic E-state index is 12.7. The van der Waals surface area contributed by atoms with Crippen molar-refractivity contribution >= 4 is 7.82 Å². The summed E-state index contributed by atoms with van der Waals surface area (Å²) in [6, 6.07) is 1.93. The van der Waals surface area contributed by atoms with Crippen LogP contribution < -0.4 is 0 Å². The molecule has 1 rings (SSSR count). The standard InChI is InChI=1S/C17H28NO5P/c1-3-17(2,14-19)15-23-24(20,22-13-7-11-18)21-12-6-10-16-8-4-5-9-16/h4-5,8,19H,3,6-7,9-10,12-15H2,1-2H3. The van der Waals surface area contributed by atoms with E-state index in [4.69, 9.17) is 18.8 Å². The van der Waals surface area contributed by atoms with Gasteiger partial charge in [0.25, 0.3) is 0 Å². The van der Waals surface area contributed by atoms with E-state index in [1.807, 2.05) is 26.0 Å². The lowest BCUT2D eigenvalue weighted by molar-refractivity contribution is 0.0419. The van der Waals surface area contributed by atoms with Crippen LogP contribution in [0.15, 0.2) is 23.8 Å². The molecule has 24 heavy (non-hydrogen) atoms. The molecule has 0 aromatic rings. The summed E-state index contributed by atoms with van der Waals surface area (Å²) in [6.45, 7) is 3.99. The van der Waals surface area contributed by atoms with Gasteiger partial charge in [-0.3, -0.25) is 13.6 Å². The first-order valence-electron chi connectivity index (χ1n) is 8.33. The molecular weight excluding hydrogens is 329 g/mol. The van der Waals surface area contributed by atoms with Crippen molar-refractivity contribution in [2.24, 2.45) is 5.41 Å². The SMILES string of the molecule is CCC(C)(CO)COP(=O)(OCCC#N)OCCCC1=CC=CC1. The zero-order valence-electron chi connectivity index (χ0n) is 14.6. The van der Waals surface area contributed by atoms with Gasteiger partial charge in [-0.05, 0) is 25.7 Å². The first-order chi connectivity index (χ1) is 11.5. The quantitative estimate of drug-likeness (QED) is 0.394. The van der Waals surface area contributed by atoms with Crippen LogP contribution in [0.2, 0.25) is 0 Å². The lowest BCUT2D eigenvalue weighted by atomic mass is 9.90. The molecule has 0 saturated heterocycles. The van der Waals surface area contributed by atoms with Gasteiger partial charge in [0.15, 0.2) is 0 Å². The van der Waals surface area contributed by atoms with Gasteiger partial charge in [0.05, 0.1) is 38.9 Å². The van der Waals surface area contributed by atoms with Crippen LogP contribution in [0.4, 0.5) is 0 Å². The average molecular weight is 357 g/mol. The molecular formula is C17H28NO5P. The molecule has 6 nitrogen and oxygen atoms in total. The van der Waals surface area contributed by atoms with Gasteiger partial charge in [-0.25, -0.2) is 4.57 Å². The number of phosphoric ester groups is 1. The van der Waals surface area contributed by atoms with E-state index in [2.05, 4.69) is 12.2 Å². The Bertz CT molecular complexity index is 520. The molecule has 0 amide bonds. The van der Waals surface area contributed by atoms with Crippen molar-refractivity contribution in [1.82, 2.24) is 0 Å². The summed E-state index contributed by atoms with van der Waals surface area (Å²) in [5.41, 5.74) is 0.816. The number of hydrogen-bond donors (Lipinski definition) is 1. The molecule has 1 aliphatic carbocycles. The monoisotopic (exact) mass is 357 g/mol. The molecule has 0 bridgehead atoms. The van der Waals surface area contributed by atoms with E-state index in [1.165, 1.54) is 5.57 Å². The fourth-order valence-electron chi connectivity index (χ4n) is 1.96. The van der Waals surface area contributed by atoms with Crippen LogP contribution in [0, 0.1) is 16.7 Å². The predicted octanol–water partition coefficient (Wildman–Crippen LogP) is 4.13. The molecule has 2 unspecified atom stereocenters. The lowest BCUT2D eigenvalue weighted by Gasteiger charge is -2.27. The predicted molar refractivity (Wildman–Crippen MR) is 92.3 cm³/mol. The maximum atomic E-state index is 12.7. The highest BCUT2D eigenvalue weighted by molar-refractivity contribution is 7.48. The summed E-state index contributed by atoms with van der Waals surface area (Å²) >= 11 is 0. The number of phosphoric acid groups is 1. The van der Waals surface area contributed by atoms with Crippen molar-refractivity contribution in [2.45, 2.75) is 46.0 Å². The molecule has 2 atom stereocenters. The fourth-order valence-corrected chi connectivity index (χ4v) is 3.32. The van der Waals surface area contributed by atoms with Crippen LogP contribution >= 0.6 is 7.82 Å². The second-order valence-corrected chi connectivity index (χ2v) is 7.85. The van der Waals surface area contributed by atoms with Crippen molar-refractivity contribution in [1.29, 1.82) is 5.26 Å². The van der Waals surface area contributed by atoms with Gasteiger partial charge >= 0.3 is 7.82 Å². The second kappa shape index (κ2) is 10.8. The largest absolute Gasteiger partial charge is 0.474 e. The van der Waals surface area contributed by atoms with E-state index in [0.29, 0.717) is 12.8 Å². The highest BCUT2D eigenvalue weighted by Gasteiger charge is 2.31. The third-order valence-electron chi connectivity index (χ3n) is 4.01. The molecule has 1 N–H and O–H groups in total. The molecule has 0 heterocycles. The third kappa shape index (κ3) is 7.74. The Kier molecular flexibility index (Phi) is 9.50. The Morgan fingerprint density at radius 3 is 2.71 bits per heavy atom. The number of allylic oxidation sites excluding steroid dienone is 4. The Hall–Kier alpha value is -0.960. The van der Waals surface area contributed by atoms with Gasteiger partial charge in [0.2, 0.25) is 0 Å². The van der Waals surface area contributed by atoms with Gasteiger partial charge in [-0.2, -0.15) is 5.26 Å². The van der Waals surface area contributed by atoms with Crippen LogP contribution in [-0.4, -0.2) is 31.5 Å². The first kappa shape index (κ1) is 21.1. The van der Waals surface area contributed by atoms with Crippen molar-refractivity contribution in [3.63, 3.8) is 0 Å². The number of nitriles is 1. The third-order valence-corrected chi connectivity index (χ3v) is 5.45. The Morgan fingerprint density at radius 2 is 2.12 bits per heavy atom. The van der Waals surface area contributed by atoms with Gasteiger partial charge in [0, 0.05) is 5.41 Å². The Morgan fingerprint density at radius 1 is 1.38 bits per heavy atom. The number of aliphatic hydroxyl groups is 1. The summed E-state index contributed by atoms with van der Waals surface area (Å²) in [5.74, 6) is 0. The van der Waals surface area contributed by atoms with E-state index in [0.717, 1.165) is 12.8 Å². The van der Waals surface area contributed by atoms with Crippen molar-refractivity contribution in [3.05, 3.63) is 23.8 Å². The van der Waals surface area contributed by atoms with Gasteiger partial charge in [-0.15, -0.1) is 0 Å². The number of nitrogens with zero attached hydrogens (tertiary/aromatic N) is 1. The number of rotatable bonds is 13. The average Bonchev–Trinajstić information content (AvgIpc) is 3.11. The zero-order valence-corrected chi connectivity index (χ0v) is 15.5. The summed E-state index contributed by atoms with van der Waals surface area (Å²) in [4.78, 5) is 0. The number of aliphatic hydroxyl groups excluding tert-OH is 1. The molecule has 136 valence electrons. The summed E-state index contributed by atoms with van der Waals surface area (Å²) in [7, 11) is -3.73. The molecule has 0 fully saturated rings. The lowest BCUT2D eigenvalue weighted by Crippen LogP contribution is -2.26. The van der Waals surface area contributed by atoms with E-state index >= 15 is 0 Å². The first-order valence-corrected chi connectivity index (χ1v) is 9.79. The van der Waals surface area contributed by atoms with Crippen LogP contribution in [0.1, 0.15) is 46.0 Å². The van der Waals surface area contributed by atoms with Crippen LogP contribution in [-0.2, 0) is 18.1 Å². The molecule has 1 aliphatic rings. The Balaban J connectivity index is 2.47. The van der Waals surface area contributed by atoms with Crippen LogP contribution in [0.3, 0.4) is 0 Å². The van der Waals surface area contributed by atoms with Crippen molar-refractivity contribution < 1.29 is 23.2 Å².